The fraction of sp³-hybridized carbons (Fsp3) is 0.158. The standard InChI is InChI=1S/C19H17ClN2O2/c1-13-15(20)6-4-7-16(13)21-18(23)9-10-19(24)22-12-11-14-5-2-3-8-17(14)22/h2-8,11-12H,9-10H2,1H3,(H,21,23). The van der Waals surface area contributed by atoms with Gasteiger partial charge in [-0.25, -0.2) is 0 Å². The first kappa shape index (κ1) is 16.3. The highest BCUT2D eigenvalue weighted by molar-refractivity contribution is 6.31. The molecule has 0 aliphatic heterocycles. The van der Waals surface area contributed by atoms with Gasteiger partial charge < -0.3 is 5.32 Å². The average Bonchev–Trinajstić information content (AvgIpc) is 3.01. The van der Waals surface area contributed by atoms with Crippen LogP contribution < -0.4 is 5.32 Å². The SMILES string of the molecule is Cc1c(Cl)cccc1NC(=O)CCC(=O)n1ccc2ccccc21. The average molecular weight is 341 g/mol. The maximum Gasteiger partial charge on any atom is 0.231 e. The van der Waals surface area contributed by atoms with Gasteiger partial charge in [0, 0.05) is 35.1 Å². The Morgan fingerprint density at radius 2 is 1.83 bits per heavy atom. The molecule has 1 N–H and O–H groups in total. The lowest BCUT2D eigenvalue weighted by Crippen LogP contribution is -2.16. The number of anilines is 1. The molecule has 0 saturated heterocycles. The third-order valence-electron chi connectivity index (χ3n) is 3.98. The highest BCUT2D eigenvalue weighted by Crippen LogP contribution is 2.23. The van der Waals surface area contributed by atoms with Gasteiger partial charge in [0.05, 0.1) is 5.52 Å². The number of benzene rings is 2. The first-order valence-corrected chi connectivity index (χ1v) is 8.08. The number of para-hydroxylation sites is 1. The molecule has 5 heteroatoms. The Morgan fingerprint density at radius 3 is 2.67 bits per heavy atom. The van der Waals surface area contributed by atoms with Crippen molar-refractivity contribution in [3.05, 3.63) is 65.3 Å². The molecular formula is C19H17ClN2O2. The van der Waals surface area contributed by atoms with Crippen LogP contribution in [0.4, 0.5) is 5.69 Å². The number of hydrogen-bond donors (Lipinski definition) is 1. The molecule has 2 aromatic carbocycles. The van der Waals surface area contributed by atoms with Gasteiger partial charge in [-0.3, -0.25) is 14.2 Å². The number of carbonyl (C=O) groups is 2. The molecule has 4 nitrogen and oxygen atoms in total. The van der Waals surface area contributed by atoms with Crippen molar-refractivity contribution >= 4 is 40.0 Å². The zero-order valence-corrected chi connectivity index (χ0v) is 14.0. The Balaban J connectivity index is 1.64. The summed E-state index contributed by atoms with van der Waals surface area (Å²) < 4.78 is 1.59. The van der Waals surface area contributed by atoms with Crippen LogP contribution in [0.25, 0.3) is 10.9 Å². The van der Waals surface area contributed by atoms with E-state index in [1.54, 1.807) is 29.0 Å². The predicted molar refractivity (Wildman–Crippen MR) is 96.6 cm³/mol. The Hall–Kier alpha value is -2.59. The minimum Gasteiger partial charge on any atom is -0.326 e. The van der Waals surface area contributed by atoms with Crippen molar-refractivity contribution in [2.75, 3.05) is 5.32 Å². The van der Waals surface area contributed by atoms with Gasteiger partial charge in [0.2, 0.25) is 11.8 Å². The maximum absolute atomic E-state index is 12.4. The number of aromatic nitrogens is 1. The summed E-state index contributed by atoms with van der Waals surface area (Å²) in [4.78, 5) is 24.5. The second-order valence-electron chi connectivity index (χ2n) is 5.60. The number of halogens is 1. The number of nitrogens with zero attached hydrogens (tertiary/aromatic N) is 1. The normalized spacial score (nSPS) is 10.8. The van der Waals surface area contributed by atoms with Gasteiger partial charge in [-0.2, -0.15) is 0 Å². The van der Waals surface area contributed by atoms with E-state index in [-0.39, 0.29) is 24.7 Å². The van der Waals surface area contributed by atoms with Crippen molar-refractivity contribution in [3.8, 4) is 0 Å². The van der Waals surface area contributed by atoms with Crippen LogP contribution in [0.5, 0.6) is 0 Å². The van der Waals surface area contributed by atoms with E-state index in [1.165, 1.54) is 0 Å². The smallest absolute Gasteiger partial charge is 0.231 e. The second-order valence-corrected chi connectivity index (χ2v) is 6.01. The molecular weight excluding hydrogens is 324 g/mol. The summed E-state index contributed by atoms with van der Waals surface area (Å²) in [6.45, 7) is 1.84. The first-order chi connectivity index (χ1) is 11.6. The van der Waals surface area contributed by atoms with Crippen LogP contribution in [0.1, 0.15) is 23.2 Å². The van der Waals surface area contributed by atoms with E-state index < -0.39 is 0 Å². The second kappa shape index (κ2) is 6.89. The molecule has 0 atom stereocenters. The Morgan fingerprint density at radius 1 is 1.04 bits per heavy atom. The number of amides is 1. The molecule has 1 aromatic heterocycles. The van der Waals surface area contributed by atoms with Crippen LogP contribution in [0.15, 0.2) is 54.7 Å². The molecule has 0 saturated carbocycles. The van der Waals surface area contributed by atoms with E-state index in [1.807, 2.05) is 37.3 Å². The first-order valence-electron chi connectivity index (χ1n) is 7.70. The summed E-state index contributed by atoms with van der Waals surface area (Å²) >= 11 is 6.04. The predicted octanol–water partition coefficient (Wildman–Crippen LogP) is 4.66. The summed E-state index contributed by atoms with van der Waals surface area (Å²) in [7, 11) is 0. The molecule has 0 fully saturated rings. The van der Waals surface area contributed by atoms with Crippen LogP contribution in [-0.2, 0) is 4.79 Å². The van der Waals surface area contributed by atoms with Crippen molar-refractivity contribution in [1.29, 1.82) is 0 Å². The molecule has 24 heavy (non-hydrogen) atoms. The monoisotopic (exact) mass is 340 g/mol. The van der Waals surface area contributed by atoms with Gasteiger partial charge in [-0.05, 0) is 36.8 Å². The van der Waals surface area contributed by atoms with Gasteiger partial charge >= 0.3 is 0 Å². The van der Waals surface area contributed by atoms with Crippen molar-refractivity contribution in [1.82, 2.24) is 4.57 Å². The van der Waals surface area contributed by atoms with Crippen LogP contribution in [0.2, 0.25) is 5.02 Å². The Labute approximate surface area is 145 Å². The molecule has 0 spiro atoms. The van der Waals surface area contributed by atoms with Crippen molar-refractivity contribution in [2.24, 2.45) is 0 Å². The largest absolute Gasteiger partial charge is 0.326 e. The summed E-state index contributed by atoms with van der Waals surface area (Å²) in [5.41, 5.74) is 2.34. The van der Waals surface area contributed by atoms with Crippen LogP contribution >= 0.6 is 11.6 Å². The summed E-state index contributed by atoms with van der Waals surface area (Å²) in [5, 5.41) is 4.41. The molecule has 0 radical (unpaired) electrons. The molecule has 0 unspecified atom stereocenters. The van der Waals surface area contributed by atoms with Crippen molar-refractivity contribution < 1.29 is 9.59 Å². The van der Waals surface area contributed by atoms with E-state index in [9.17, 15) is 9.59 Å². The third kappa shape index (κ3) is 3.34. The molecule has 1 amide bonds. The van der Waals surface area contributed by atoms with E-state index in [2.05, 4.69) is 5.32 Å². The number of nitrogens with one attached hydrogen (secondary N) is 1. The van der Waals surface area contributed by atoms with Gasteiger partial charge in [0.15, 0.2) is 0 Å². The highest BCUT2D eigenvalue weighted by Gasteiger charge is 2.12. The lowest BCUT2D eigenvalue weighted by molar-refractivity contribution is -0.116. The lowest BCUT2D eigenvalue weighted by atomic mass is 10.2. The van der Waals surface area contributed by atoms with Gasteiger partial charge in [-0.1, -0.05) is 35.9 Å². The maximum atomic E-state index is 12.4. The Bertz CT molecular complexity index is 915. The van der Waals surface area contributed by atoms with E-state index >= 15 is 0 Å². The lowest BCUT2D eigenvalue weighted by Gasteiger charge is -2.09. The number of rotatable bonds is 4. The van der Waals surface area contributed by atoms with Crippen LogP contribution in [-0.4, -0.2) is 16.4 Å². The topological polar surface area (TPSA) is 51.1 Å². The number of fused-ring (bicyclic) bond motifs is 1. The van der Waals surface area contributed by atoms with Crippen molar-refractivity contribution in [2.45, 2.75) is 19.8 Å². The van der Waals surface area contributed by atoms with E-state index in [0.717, 1.165) is 16.5 Å². The molecule has 0 aliphatic rings. The molecule has 1 heterocycles. The van der Waals surface area contributed by atoms with E-state index in [0.29, 0.717) is 10.7 Å². The highest BCUT2D eigenvalue weighted by atomic mass is 35.5. The fourth-order valence-electron chi connectivity index (χ4n) is 2.60. The summed E-state index contributed by atoms with van der Waals surface area (Å²) in [6.07, 6.45) is 2.01. The van der Waals surface area contributed by atoms with Crippen LogP contribution in [0, 0.1) is 6.92 Å². The molecule has 0 bridgehead atoms. The number of carbonyl (C=O) groups excluding carboxylic acids is 2. The van der Waals surface area contributed by atoms with Gasteiger partial charge in [0.25, 0.3) is 0 Å². The van der Waals surface area contributed by atoms with Crippen molar-refractivity contribution in [3.63, 3.8) is 0 Å². The van der Waals surface area contributed by atoms with Crippen LogP contribution in [0.3, 0.4) is 0 Å². The molecule has 3 rings (SSSR count). The number of hydrogen-bond acceptors (Lipinski definition) is 2. The summed E-state index contributed by atoms with van der Waals surface area (Å²) in [5.74, 6) is -0.306. The molecule has 3 aromatic rings. The zero-order chi connectivity index (χ0) is 17.1. The quantitative estimate of drug-likeness (QED) is 0.750. The van der Waals surface area contributed by atoms with Gasteiger partial charge in [0.1, 0.15) is 0 Å². The minimum absolute atomic E-state index is 0.103. The Kier molecular flexibility index (Phi) is 4.67. The van der Waals surface area contributed by atoms with E-state index in [4.69, 9.17) is 11.6 Å². The summed E-state index contributed by atoms with van der Waals surface area (Å²) in [6, 6.07) is 14.9. The zero-order valence-electron chi connectivity index (χ0n) is 13.3. The minimum atomic E-state index is -0.204. The van der Waals surface area contributed by atoms with Gasteiger partial charge in [-0.15, -0.1) is 0 Å². The fourth-order valence-corrected chi connectivity index (χ4v) is 2.77. The molecule has 0 aliphatic carbocycles. The molecule has 122 valence electrons. The third-order valence-corrected chi connectivity index (χ3v) is 4.39.